The number of Topliss-reactive ketones (excluding diaryl/α,β-unsaturated/α-hetero) is 1. The molecule has 2 rings (SSSR count). The molecule has 9 heteroatoms. The Morgan fingerprint density at radius 1 is 1.26 bits per heavy atom. The third-order valence-electron chi connectivity index (χ3n) is 4.19. The summed E-state index contributed by atoms with van der Waals surface area (Å²) in [5, 5.41) is 10.9. The van der Waals surface area contributed by atoms with Gasteiger partial charge < -0.3 is 19.8 Å². The van der Waals surface area contributed by atoms with Gasteiger partial charge in [-0.2, -0.15) is 0 Å². The summed E-state index contributed by atoms with van der Waals surface area (Å²) in [6.07, 6.45) is 0. The molecule has 2 aromatic rings. The van der Waals surface area contributed by atoms with Gasteiger partial charge in [-0.1, -0.05) is 0 Å². The van der Waals surface area contributed by atoms with Crippen molar-refractivity contribution >= 4 is 23.1 Å². The number of carbonyl (C=O) groups is 2. The zero-order valence-corrected chi connectivity index (χ0v) is 15.4. The van der Waals surface area contributed by atoms with Gasteiger partial charge in [0.1, 0.15) is 5.69 Å². The Balaban J connectivity index is 2.09. The Morgan fingerprint density at radius 2 is 1.96 bits per heavy atom. The van der Waals surface area contributed by atoms with E-state index in [1.54, 1.807) is 20.1 Å². The number of nitro groups is 1. The zero-order valence-electron chi connectivity index (χ0n) is 15.4. The number of nitrogens with two attached hydrogens (primary N) is 1. The lowest BCUT2D eigenvalue weighted by Gasteiger charge is -2.09. The van der Waals surface area contributed by atoms with Gasteiger partial charge in [0.15, 0.2) is 6.61 Å². The number of carbonyl (C=O) groups excluding carboxylic acids is 2. The summed E-state index contributed by atoms with van der Waals surface area (Å²) in [6, 6.07) is 5.32. The fraction of sp³-hybridized carbons (Fsp3) is 0.333. The molecule has 0 aliphatic carbocycles. The van der Waals surface area contributed by atoms with Crippen LogP contribution in [0.1, 0.15) is 32.1 Å². The smallest absolute Gasteiger partial charge is 0.338 e. The standard InChI is InChI=1S/C18H21N3O6/c1-11-8-14(12(2)20(11)6-7-26-3)17(22)10-27-18(23)13-4-5-15(19)16(9-13)21(24)25/h4-5,8-9H,6-7,10,19H2,1-3H3. The molecule has 0 aliphatic rings. The van der Waals surface area contributed by atoms with Gasteiger partial charge in [-0.05, 0) is 32.0 Å². The van der Waals surface area contributed by atoms with Crippen LogP contribution in [0.15, 0.2) is 24.3 Å². The number of methoxy groups -OCH3 is 1. The largest absolute Gasteiger partial charge is 0.454 e. The molecule has 1 aromatic heterocycles. The van der Waals surface area contributed by atoms with Crippen LogP contribution in [0.4, 0.5) is 11.4 Å². The number of nitrogen functional groups attached to an aromatic ring is 1. The Hall–Kier alpha value is -3.20. The molecule has 0 atom stereocenters. The second-order valence-corrected chi connectivity index (χ2v) is 5.96. The summed E-state index contributed by atoms with van der Waals surface area (Å²) in [6.45, 7) is 4.33. The fourth-order valence-electron chi connectivity index (χ4n) is 2.73. The van der Waals surface area contributed by atoms with E-state index in [2.05, 4.69) is 0 Å². The highest BCUT2D eigenvalue weighted by Gasteiger charge is 2.20. The van der Waals surface area contributed by atoms with Crippen molar-refractivity contribution in [3.63, 3.8) is 0 Å². The van der Waals surface area contributed by atoms with Gasteiger partial charge in [0, 0.05) is 36.7 Å². The molecule has 0 saturated heterocycles. The van der Waals surface area contributed by atoms with E-state index in [0.717, 1.165) is 17.5 Å². The molecular weight excluding hydrogens is 354 g/mol. The predicted molar refractivity (Wildman–Crippen MR) is 97.9 cm³/mol. The number of esters is 1. The Morgan fingerprint density at radius 3 is 2.59 bits per heavy atom. The SMILES string of the molecule is COCCn1c(C)cc(C(=O)COC(=O)c2ccc(N)c([N+](=O)[O-])c2)c1C. The van der Waals surface area contributed by atoms with Crippen molar-refractivity contribution in [3.8, 4) is 0 Å². The first-order valence-corrected chi connectivity index (χ1v) is 8.16. The maximum atomic E-state index is 12.4. The molecule has 0 radical (unpaired) electrons. The van der Waals surface area contributed by atoms with Gasteiger partial charge in [0.2, 0.25) is 5.78 Å². The highest BCUT2D eigenvalue weighted by Crippen LogP contribution is 2.23. The third-order valence-corrected chi connectivity index (χ3v) is 4.19. The average Bonchev–Trinajstić information content (AvgIpc) is 2.91. The lowest BCUT2D eigenvalue weighted by atomic mass is 10.1. The van der Waals surface area contributed by atoms with Crippen molar-refractivity contribution in [2.24, 2.45) is 0 Å². The molecule has 0 saturated carbocycles. The van der Waals surface area contributed by atoms with Gasteiger partial charge in [-0.3, -0.25) is 14.9 Å². The van der Waals surface area contributed by atoms with E-state index in [9.17, 15) is 19.7 Å². The molecule has 1 heterocycles. The van der Waals surface area contributed by atoms with E-state index >= 15 is 0 Å². The summed E-state index contributed by atoms with van der Waals surface area (Å²) in [5.74, 6) is -1.19. The summed E-state index contributed by atoms with van der Waals surface area (Å²) >= 11 is 0. The van der Waals surface area contributed by atoms with Crippen molar-refractivity contribution < 1.29 is 24.0 Å². The van der Waals surface area contributed by atoms with Gasteiger partial charge in [-0.25, -0.2) is 4.79 Å². The topological polar surface area (TPSA) is 127 Å². The van der Waals surface area contributed by atoms with E-state index in [4.69, 9.17) is 15.2 Å². The maximum Gasteiger partial charge on any atom is 0.338 e. The normalized spacial score (nSPS) is 10.6. The molecule has 0 amide bonds. The molecule has 0 unspecified atom stereocenters. The summed E-state index contributed by atoms with van der Waals surface area (Å²) in [4.78, 5) is 34.7. The van der Waals surface area contributed by atoms with E-state index in [1.165, 1.54) is 12.1 Å². The Bertz CT molecular complexity index is 887. The number of rotatable bonds is 8. The molecule has 9 nitrogen and oxygen atoms in total. The van der Waals surface area contributed by atoms with Crippen molar-refractivity contribution in [2.45, 2.75) is 20.4 Å². The number of aryl methyl sites for hydroxylation is 1. The number of ether oxygens (including phenoxy) is 2. The molecular formula is C18H21N3O6. The van der Waals surface area contributed by atoms with Gasteiger partial charge >= 0.3 is 5.97 Å². The van der Waals surface area contributed by atoms with Crippen LogP contribution in [-0.2, 0) is 16.0 Å². The second-order valence-electron chi connectivity index (χ2n) is 5.96. The first-order chi connectivity index (χ1) is 12.8. The lowest BCUT2D eigenvalue weighted by molar-refractivity contribution is -0.383. The van der Waals surface area contributed by atoms with Crippen LogP contribution in [-0.4, -0.2) is 41.6 Å². The monoisotopic (exact) mass is 375 g/mol. The molecule has 0 fully saturated rings. The highest BCUT2D eigenvalue weighted by molar-refractivity contribution is 6.00. The van der Waals surface area contributed by atoms with Gasteiger partial charge in [0.25, 0.3) is 5.69 Å². The van der Waals surface area contributed by atoms with Crippen LogP contribution < -0.4 is 5.73 Å². The maximum absolute atomic E-state index is 12.4. The average molecular weight is 375 g/mol. The first-order valence-electron chi connectivity index (χ1n) is 8.16. The molecule has 144 valence electrons. The first kappa shape index (κ1) is 20.1. The third kappa shape index (κ3) is 4.50. The molecule has 1 aromatic carbocycles. The van der Waals surface area contributed by atoms with Crippen LogP contribution in [0.25, 0.3) is 0 Å². The summed E-state index contributed by atoms with van der Waals surface area (Å²) in [5.41, 5.74) is 7.11. The van der Waals surface area contributed by atoms with Crippen LogP contribution in [0.2, 0.25) is 0 Å². The number of ketones is 1. The van der Waals surface area contributed by atoms with Crippen molar-refractivity contribution in [2.75, 3.05) is 26.1 Å². The number of anilines is 1. The number of nitrogens with zero attached hydrogens (tertiary/aromatic N) is 2. The van der Waals surface area contributed by atoms with E-state index in [-0.39, 0.29) is 17.0 Å². The Kier molecular flexibility index (Phi) is 6.30. The van der Waals surface area contributed by atoms with E-state index < -0.39 is 23.2 Å². The summed E-state index contributed by atoms with van der Waals surface area (Å²) < 4.78 is 12.0. The predicted octanol–water partition coefficient (Wildman–Crippen LogP) is 2.28. The number of aromatic nitrogens is 1. The van der Waals surface area contributed by atoms with Crippen LogP contribution in [0.5, 0.6) is 0 Å². The zero-order chi connectivity index (χ0) is 20.1. The van der Waals surface area contributed by atoms with Gasteiger partial charge in [0.05, 0.1) is 17.1 Å². The minimum atomic E-state index is -0.834. The fourth-order valence-corrected chi connectivity index (χ4v) is 2.73. The number of benzene rings is 1. The molecule has 27 heavy (non-hydrogen) atoms. The second kappa shape index (κ2) is 8.45. The molecule has 2 N–H and O–H groups in total. The Labute approximate surface area is 155 Å². The highest BCUT2D eigenvalue weighted by atomic mass is 16.6. The quantitative estimate of drug-likeness (QED) is 0.246. The summed E-state index contributed by atoms with van der Waals surface area (Å²) in [7, 11) is 1.60. The van der Waals surface area contributed by atoms with Crippen molar-refractivity contribution in [1.82, 2.24) is 4.57 Å². The van der Waals surface area contributed by atoms with Crippen molar-refractivity contribution in [1.29, 1.82) is 0 Å². The minimum Gasteiger partial charge on any atom is -0.454 e. The lowest BCUT2D eigenvalue weighted by Crippen LogP contribution is -2.15. The van der Waals surface area contributed by atoms with Crippen LogP contribution in [0.3, 0.4) is 0 Å². The number of hydrogen-bond acceptors (Lipinski definition) is 7. The van der Waals surface area contributed by atoms with Gasteiger partial charge in [-0.15, -0.1) is 0 Å². The number of hydrogen-bond donors (Lipinski definition) is 1. The molecule has 0 spiro atoms. The molecule has 0 bridgehead atoms. The van der Waals surface area contributed by atoms with Crippen molar-refractivity contribution in [3.05, 3.63) is 56.9 Å². The van der Waals surface area contributed by atoms with Crippen LogP contribution >= 0.6 is 0 Å². The van der Waals surface area contributed by atoms with E-state index in [0.29, 0.717) is 18.7 Å². The van der Waals surface area contributed by atoms with E-state index in [1.807, 2.05) is 11.5 Å². The molecule has 0 aliphatic heterocycles. The van der Waals surface area contributed by atoms with Crippen LogP contribution in [0, 0.1) is 24.0 Å². The minimum absolute atomic E-state index is 0.0470. The number of nitro benzene ring substituents is 1.